The Balaban J connectivity index is 1.74. The SMILES string of the molecule is Cc1cccc(C)c1NC(=O)CNC(=O)C(C)NC(=O)OCc1ccccc1. The van der Waals surface area contributed by atoms with Gasteiger partial charge in [0.1, 0.15) is 12.6 Å². The number of para-hydroxylation sites is 1. The van der Waals surface area contributed by atoms with Gasteiger partial charge in [0.2, 0.25) is 11.8 Å². The van der Waals surface area contributed by atoms with Gasteiger partial charge >= 0.3 is 6.09 Å². The van der Waals surface area contributed by atoms with Crippen LogP contribution in [0.5, 0.6) is 0 Å². The predicted octanol–water partition coefficient (Wildman–Crippen LogP) is 2.67. The summed E-state index contributed by atoms with van der Waals surface area (Å²) >= 11 is 0. The number of ether oxygens (including phenoxy) is 1. The van der Waals surface area contributed by atoms with E-state index in [0.29, 0.717) is 0 Å². The van der Waals surface area contributed by atoms with Gasteiger partial charge in [-0.15, -0.1) is 0 Å². The Labute approximate surface area is 164 Å². The Morgan fingerprint density at radius 1 is 0.964 bits per heavy atom. The van der Waals surface area contributed by atoms with Crippen molar-refractivity contribution in [1.82, 2.24) is 10.6 Å². The molecule has 0 aliphatic heterocycles. The molecule has 0 spiro atoms. The first-order chi connectivity index (χ1) is 13.4. The quantitative estimate of drug-likeness (QED) is 0.685. The number of amides is 3. The van der Waals surface area contributed by atoms with Crippen LogP contribution in [0.2, 0.25) is 0 Å². The summed E-state index contributed by atoms with van der Waals surface area (Å²) in [6.45, 7) is 5.22. The van der Waals surface area contributed by atoms with Crippen molar-refractivity contribution in [2.45, 2.75) is 33.4 Å². The Kier molecular flexibility index (Phi) is 7.56. The second kappa shape index (κ2) is 10.1. The van der Waals surface area contributed by atoms with E-state index < -0.39 is 18.0 Å². The highest BCUT2D eigenvalue weighted by Crippen LogP contribution is 2.18. The molecule has 0 saturated heterocycles. The molecule has 0 fully saturated rings. The van der Waals surface area contributed by atoms with Gasteiger partial charge in [-0.25, -0.2) is 4.79 Å². The summed E-state index contributed by atoms with van der Waals surface area (Å²) < 4.78 is 5.07. The summed E-state index contributed by atoms with van der Waals surface area (Å²) in [6, 6.07) is 14.1. The van der Waals surface area contributed by atoms with Gasteiger partial charge in [0, 0.05) is 5.69 Å². The third kappa shape index (κ3) is 6.42. The average Bonchev–Trinajstić information content (AvgIpc) is 2.68. The van der Waals surface area contributed by atoms with E-state index in [2.05, 4.69) is 16.0 Å². The number of anilines is 1. The van der Waals surface area contributed by atoms with E-state index >= 15 is 0 Å². The van der Waals surface area contributed by atoms with Gasteiger partial charge in [0.15, 0.2) is 0 Å². The maximum atomic E-state index is 12.1. The van der Waals surface area contributed by atoms with Crippen molar-refractivity contribution in [2.24, 2.45) is 0 Å². The highest BCUT2D eigenvalue weighted by molar-refractivity contribution is 5.96. The van der Waals surface area contributed by atoms with Crippen molar-refractivity contribution in [3.63, 3.8) is 0 Å². The second-order valence-corrected chi connectivity index (χ2v) is 6.46. The molecule has 0 aliphatic rings. The number of carbonyl (C=O) groups is 3. The molecule has 0 aromatic heterocycles. The van der Waals surface area contributed by atoms with Crippen LogP contribution < -0.4 is 16.0 Å². The first kappa shape index (κ1) is 21.0. The van der Waals surface area contributed by atoms with E-state index in [0.717, 1.165) is 22.4 Å². The Bertz CT molecular complexity index is 817. The van der Waals surface area contributed by atoms with E-state index in [9.17, 15) is 14.4 Å². The molecule has 7 heteroatoms. The molecule has 0 bridgehead atoms. The van der Waals surface area contributed by atoms with Crippen LogP contribution in [0.4, 0.5) is 10.5 Å². The molecule has 0 aliphatic carbocycles. The Morgan fingerprint density at radius 2 is 1.61 bits per heavy atom. The van der Waals surface area contributed by atoms with Crippen LogP contribution in [0.15, 0.2) is 48.5 Å². The van der Waals surface area contributed by atoms with Gasteiger partial charge in [-0.1, -0.05) is 48.5 Å². The maximum absolute atomic E-state index is 12.1. The molecule has 7 nitrogen and oxygen atoms in total. The van der Waals surface area contributed by atoms with Crippen LogP contribution in [0.25, 0.3) is 0 Å². The first-order valence-corrected chi connectivity index (χ1v) is 8.98. The highest BCUT2D eigenvalue weighted by atomic mass is 16.5. The van der Waals surface area contributed by atoms with E-state index in [-0.39, 0.29) is 19.1 Å². The van der Waals surface area contributed by atoms with Crippen molar-refractivity contribution >= 4 is 23.6 Å². The Hall–Kier alpha value is -3.35. The molecule has 2 aromatic carbocycles. The fourth-order valence-electron chi connectivity index (χ4n) is 2.52. The third-order valence-electron chi connectivity index (χ3n) is 4.11. The molecule has 1 atom stereocenters. The number of aryl methyl sites for hydroxylation is 2. The molecular weight excluding hydrogens is 358 g/mol. The van der Waals surface area contributed by atoms with Gasteiger partial charge in [-0.2, -0.15) is 0 Å². The lowest BCUT2D eigenvalue weighted by molar-refractivity contribution is -0.125. The lowest BCUT2D eigenvalue weighted by Gasteiger charge is -2.15. The van der Waals surface area contributed by atoms with Crippen LogP contribution in [-0.4, -0.2) is 30.5 Å². The average molecular weight is 383 g/mol. The first-order valence-electron chi connectivity index (χ1n) is 8.98. The zero-order valence-corrected chi connectivity index (χ0v) is 16.2. The molecule has 0 radical (unpaired) electrons. The second-order valence-electron chi connectivity index (χ2n) is 6.46. The number of carbonyl (C=O) groups excluding carboxylic acids is 3. The predicted molar refractivity (Wildman–Crippen MR) is 107 cm³/mol. The minimum atomic E-state index is -0.837. The van der Waals surface area contributed by atoms with E-state index in [1.807, 2.05) is 62.4 Å². The third-order valence-corrected chi connectivity index (χ3v) is 4.11. The van der Waals surface area contributed by atoms with Gasteiger partial charge < -0.3 is 20.7 Å². The van der Waals surface area contributed by atoms with Crippen LogP contribution in [0.3, 0.4) is 0 Å². The van der Waals surface area contributed by atoms with E-state index in [1.165, 1.54) is 6.92 Å². The van der Waals surface area contributed by atoms with E-state index in [1.54, 1.807) is 0 Å². The standard InChI is InChI=1S/C21H25N3O4/c1-14-8-7-9-15(2)19(14)24-18(25)12-22-20(26)16(3)23-21(27)28-13-17-10-5-4-6-11-17/h4-11,16H,12-13H2,1-3H3,(H,22,26)(H,23,27)(H,24,25). The maximum Gasteiger partial charge on any atom is 0.408 e. The molecule has 1 unspecified atom stereocenters. The number of alkyl carbamates (subject to hydrolysis) is 1. The van der Waals surface area contributed by atoms with E-state index in [4.69, 9.17) is 4.74 Å². The molecule has 28 heavy (non-hydrogen) atoms. The summed E-state index contributed by atoms with van der Waals surface area (Å²) in [5.41, 5.74) is 3.46. The molecule has 3 amide bonds. The van der Waals surface area contributed by atoms with Crippen LogP contribution in [0.1, 0.15) is 23.6 Å². The van der Waals surface area contributed by atoms with Crippen molar-refractivity contribution in [3.05, 3.63) is 65.2 Å². The summed E-state index contributed by atoms with van der Waals surface area (Å²) in [5.74, 6) is -0.821. The highest BCUT2D eigenvalue weighted by Gasteiger charge is 2.17. The zero-order valence-electron chi connectivity index (χ0n) is 16.2. The summed E-state index contributed by atoms with van der Waals surface area (Å²) in [7, 11) is 0. The minimum Gasteiger partial charge on any atom is -0.445 e. The topological polar surface area (TPSA) is 96.5 Å². The van der Waals surface area contributed by atoms with Crippen LogP contribution in [0, 0.1) is 13.8 Å². The van der Waals surface area contributed by atoms with Crippen molar-refractivity contribution in [2.75, 3.05) is 11.9 Å². The number of rotatable bonds is 7. The molecule has 0 heterocycles. The smallest absolute Gasteiger partial charge is 0.408 e. The number of benzene rings is 2. The molecule has 0 saturated carbocycles. The molecule has 3 N–H and O–H groups in total. The largest absolute Gasteiger partial charge is 0.445 e. The normalized spacial score (nSPS) is 11.2. The van der Waals surface area contributed by atoms with Crippen LogP contribution in [-0.2, 0) is 20.9 Å². The summed E-state index contributed by atoms with van der Waals surface area (Å²) in [5, 5.41) is 7.72. The van der Waals surface area contributed by atoms with Gasteiger partial charge in [-0.05, 0) is 37.5 Å². The van der Waals surface area contributed by atoms with Crippen molar-refractivity contribution in [1.29, 1.82) is 0 Å². The van der Waals surface area contributed by atoms with Crippen LogP contribution >= 0.6 is 0 Å². The lowest BCUT2D eigenvalue weighted by Crippen LogP contribution is -2.46. The van der Waals surface area contributed by atoms with Crippen molar-refractivity contribution < 1.29 is 19.1 Å². The fourth-order valence-corrected chi connectivity index (χ4v) is 2.52. The minimum absolute atomic E-state index is 0.110. The van der Waals surface area contributed by atoms with Gasteiger partial charge in [-0.3, -0.25) is 9.59 Å². The van der Waals surface area contributed by atoms with Gasteiger partial charge in [0.25, 0.3) is 0 Å². The molecule has 2 rings (SSSR count). The summed E-state index contributed by atoms with van der Waals surface area (Å²) in [6.07, 6.45) is -0.702. The van der Waals surface area contributed by atoms with Gasteiger partial charge in [0.05, 0.1) is 6.54 Å². The monoisotopic (exact) mass is 383 g/mol. The fraction of sp³-hybridized carbons (Fsp3) is 0.286. The number of nitrogens with one attached hydrogen (secondary N) is 3. The lowest BCUT2D eigenvalue weighted by atomic mass is 10.1. The summed E-state index contributed by atoms with van der Waals surface area (Å²) in [4.78, 5) is 36.0. The molecule has 2 aromatic rings. The Morgan fingerprint density at radius 3 is 2.25 bits per heavy atom. The van der Waals surface area contributed by atoms with Crippen molar-refractivity contribution in [3.8, 4) is 0 Å². The number of hydrogen-bond acceptors (Lipinski definition) is 4. The molecule has 148 valence electrons. The molecular formula is C21H25N3O4. The zero-order chi connectivity index (χ0) is 20.5. The number of hydrogen-bond donors (Lipinski definition) is 3.